The van der Waals surface area contributed by atoms with Crippen molar-refractivity contribution in [1.82, 2.24) is 15.6 Å². The molecule has 0 aliphatic carbocycles. The standard InChI is InChI=1S/C17H16N4O2S/c1-11-7-13(10-24-11)17(22)21-19-9-14-8-18-20-16(14)12-3-5-15(23-2)6-4-12/h3-10H,1-2H3,(H,18,20)(H,21,22). The second-order valence-corrected chi connectivity index (χ2v) is 6.19. The molecule has 1 amide bonds. The van der Waals surface area contributed by atoms with Crippen LogP contribution in [-0.4, -0.2) is 29.4 Å². The molecule has 0 aliphatic heterocycles. The molecule has 0 bridgehead atoms. The van der Waals surface area contributed by atoms with E-state index in [1.54, 1.807) is 24.9 Å². The Morgan fingerprint density at radius 1 is 1.38 bits per heavy atom. The van der Waals surface area contributed by atoms with Crippen LogP contribution in [-0.2, 0) is 0 Å². The van der Waals surface area contributed by atoms with Crippen LogP contribution in [0.15, 0.2) is 47.0 Å². The van der Waals surface area contributed by atoms with E-state index in [0.29, 0.717) is 5.56 Å². The number of H-pyrrole nitrogens is 1. The number of carbonyl (C=O) groups excluding carboxylic acids is 1. The Labute approximate surface area is 143 Å². The van der Waals surface area contributed by atoms with Crippen molar-refractivity contribution in [2.45, 2.75) is 6.92 Å². The van der Waals surface area contributed by atoms with E-state index in [0.717, 1.165) is 27.4 Å². The van der Waals surface area contributed by atoms with Gasteiger partial charge >= 0.3 is 0 Å². The Morgan fingerprint density at radius 2 is 2.17 bits per heavy atom. The number of aromatic amines is 1. The van der Waals surface area contributed by atoms with Crippen LogP contribution in [0.2, 0.25) is 0 Å². The average Bonchev–Trinajstić information content (AvgIpc) is 3.24. The maximum Gasteiger partial charge on any atom is 0.272 e. The summed E-state index contributed by atoms with van der Waals surface area (Å²) in [5, 5.41) is 12.8. The van der Waals surface area contributed by atoms with Crippen molar-refractivity contribution < 1.29 is 9.53 Å². The fourth-order valence-electron chi connectivity index (χ4n) is 2.17. The number of thiophene rings is 1. The molecule has 2 heterocycles. The highest BCUT2D eigenvalue weighted by molar-refractivity contribution is 7.10. The minimum Gasteiger partial charge on any atom is -0.497 e. The van der Waals surface area contributed by atoms with Crippen LogP contribution in [0, 0.1) is 6.92 Å². The molecule has 0 atom stereocenters. The number of hydrazone groups is 1. The fraction of sp³-hybridized carbons (Fsp3) is 0.118. The van der Waals surface area contributed by atoms with Crippen molar-refractivity contribution in [3.63, 3.8) is 0 Å². The molecule has 0 fully saturated rings. The Kier molecular flexibility index (Phi) is 4.72. The molecule has 3 aromatic rings. The predicted octanol–water partition coefficient (Wildman–Crippen LogP) is 3.22. The first-order valence-electron chi connectivity index (χ1n) is 7.23. The molecule has 2 aromatic heterocycles. The third-order valence-electron chi connectivity index (χ3n) is 3.41. The molecule has 24 heavy (non-hydrogen) atoms. The molecule has 1 aromatic carbocycles. The van der Waals surface area contributed by atoms with E-state index in [2.05, 4.69) is 20.7 Å². The van der Waals surface area contributed by atoms with Gasteiger partial charge < -0.3 is 4.74 Å². The second kappa shape index (κ2) is 7.10. The van der Waals surface area contributed by atoms with Crippen molar-refractivity contribution in [2.24, 2.45) is 5.10 Å². The Balaban J connectivity index is 1.71. The molecule has 0 spiro atoms. The summed E-state index contributed by atoms with van der Waals surface area (Å²) in [7, 11) is 1.63. The molecule has 122 valence electrons. The topological polar surface area (TPSA) is 79.4 Å². The molecule has 2 N–H and O–H groups in total. The number of carbonyl (C=O) groups is 1. The van der Waals surface area contributed by atoms with Crippen molar-refractivity contribution in [3.05, 3.63) is 57.9 Å². The van der Waals surface area contributed by atoms with Gasteiger partial charge in [-0.1, -0.05) is 0 Å². The molecule has 0 aliphatic rings. The Hall–Kier alpha value is -2.93. The maximum absolute atomic E-state index is 12.0. The normalized spacial score (nSPS) is 10.9. The molecule has 0 saturated carbocycles. The van der Waals surface area contributed by atoms with Gasteiger partial charge in [0.15, 0.2) is 0 Å². The quantitative estimate of drug-likeness (QED) is 0.553. The molecular formula is C17H16N4O2S. The van der Waals surface area contributed by atoms with E-state index < -0.39 is 0 Å². The van der Waals surface area contributed by atoms with Crippen LogP contribution in [0.1, 0.15) is 20.8 Å². The Bertz CT molecular complexity index is 865. The summed E-state index contributed by atoms with van der Waals surface area (Å²) >= 11 is 1.53. The van der Waals surface area contributed by atoms with E-state index in [1.807, 2.05) is 37.3 Å². The lowest BCUT2D eigenvalue weighted by Crippen LogP contribution is -2.16. The number of hydrogen-bond acceptors (Lipinski definition) is 5. The highest BCUT2D eigenvalue weighted by Gasteiger charge is 2.08. The van der Waals surface area contributed by atoms with Gasteiger partial charge in [0.2, 0.25) is 0 Å². The molecular weight excluding hydrogens is 324 g/mol. The van der Waals surface area contributed by atoms with Crippen LogP contribution in [0.25, 0.3) is 11.3 Å². The summed E-state index contributed by atoms with van der Waals surface area (Å²) in [6, 6.07) is 9.43. The van der Waals surface area contributed by atoms with Crippen LogP contribution in [0.5, 0.6) is 5.75 Å². The van der Waals surface area contributed by atoms with Gasteiger partial charge in [0.1, 0.15) is 5.75 Å². The van der Waals surface area contributed by atoms with Crippen LogP contribution >= 0.6 is 11.3 Å². The summed E-state index contributed by atoms with van der Waals surface area (Å²) < 4.78 is 5.15. The fourth-order valence-corrected chi connectivity index (χ4v) is 2.85. The first-order valence-corrected chi connectivity index (χ1v) is 8.11. The summed E-state index contributed by atoms with van der Waals surface area (Å²) in [4.78, 5) is 13.0. The maximum atomic E-state index is 12.0. The molecule has 0 radical (unpaired) electrons. The van der Waals surface area contributed by atoms with Crippen molar-refractivity contribution in [1.29, 1.82) is 0 Å². The van der Waals surface area contributed by atoms with Crippen LogP contribution in [0.3, 0.4) is 0 Å². The highest BCUT2D eigenvalue weighted by Crippen LogP contribution is 2.22. The number of ether oxygens (including phenoxy) is 1. The van der Waals surface area contributed by atoms with Crippen molar-refractivity contribution in [2.75, 3.05) is 7.11 Å². The number of nitrogens with zero attached hydrogens (tertiary/aromatic N) is 2. The summed E-state index contributed by atoms with van der Waals surface area (Å²) in [6.07, 6.45) is 3.23. The van der Waals surface area contributed by atoms with E-state index >= 15 is 0 Å². The number of amides is 1. The van der Waals surface area contributed by atoms with E-state index in [9.17, 15) is 4.79 Å². The van der Waals surface area contributed by atoms with Crippen molar-refractivity contribution in [3.8, 4) is 17.0 Å². The lowest BCUT2D eigenvalue weighted by atomic mass is 10.1. The lowest BCUT2D eigenvalue weighted by Gasteiger charge is -2.02. The van der Waals surface area contributed by atoms with Gasteiger partial charge in [-0.05, 0) is 37.3 Å². The largest absolute Gasteiger partial charge is 0.497 e. The van der Waals surface area contributed by atoms with Gasteiger partial charge in [-0.3, -0.25) is 9.89 Å². The zero-order valence-electron chi connectivity index (χ0n) is 13.2. The monoisotopic (exact) mass is 340 g/mol. The molecule has 0 unspecified atom stereocenters. The number of methoxy groups -OCH3 is 1. The number of aromatic nitrogens is 2. The zero-order chi connectivity index (χ0) is 16.9. The summed E-state index contributed by atoms with van der Waals surface area (Å²) in [5.41, 5.74) is 5.69. The lowest BCUT2D eigenvalue weighted by molar-refractivity contribution is 0.0955. The number of nitrogens with one attached hydrogen (secondary N) is 2. The molecule has 0 saturated heterocycles. The van der Waals surface area contributed by atoms with Gasteiger partial charge in [0.05, 0.1) is 30.8 Å². The number of rotatable bonds is 5. The van der Waals surface area contributed by atoms with Gasteiger partial charge in [-0.25, -0.2) is 5.43 Å². The zero-order valence-corrected chi connectivity index (χ0v) is 14.1. The third-order valence-corrected chi connectivity index (χ3v) is 4.27. The predicted molar refractivity (Wildman–Crippen MR) is 94.7 cm³/mol. The first-order chi connectivity index (χ1) is 11.7. The Morgan fingerprint density at radius 3 is 2.83 bits per heavy atom. The minimum absolute atomic E-state index is 0.231. The van der Waals surface area contributed by atoms with Gasteiger partial charge in [0.25, 0.3) is 5.91 Å². The van der Waals surface area contributed by atoms with E-state index in [4.69, 9.17) is 4.74 Å². The molecule has 7 heteroatoms. The van der Waals surface area contributed by atoms with Crippen LogP contribution < -0.4 is 10.2 Å². The number of aryl methyl sites for hydroxylation is 1. The second-order valence-electron chi connectivity index (χ2n) is 5.07. The van der Waals surface area contributed by atoms with Gasteiger partial charge in [-0.15, -0.1) is 11.3 Å². The average molecular weight is 340 g/mol. The highest BCUT2D eigenvalue weighted by atomic mass is 32.1. The van der Waals surface area contributed by atoms with Crippen LogP contribution in [0.4, 0.5) is 0 Å². The third kappa shape index (κ3) is 3.52. The van der Waals surface area contributed by atoms with E-state index in [1.165, 1.54) is 11.3 Å². The first kappa shape index (κ1) is 15.9. The molecule has 6 nitrogen and oxygen atoms in total. The van der Waals surface area contributed by atoms with E-state index in [-0.39, 0.29) is 5.91 Å². The smallest absolute Gasteiger partial charge is 0.272 e. The number of benzene rings is 1. The summed E-state index contributed by atoms with van der Waals surface area (Å²) in [5.74, 6) is 0.553. The van der Waals surface area contributed by atoms with Gasteiger partial charge in [-0.2, -0.15) is 10.2 Å². The SMILES string of the molecule is COc1ccc(-c2[nH]ncc2C=NNC(=O)c2csc(C)c2)cc1. The van der Waals surface area contributed by atoms with Crippen molar-refractivity contribution >= 4 is 23.5 Å². The minimum atomic E-state index is -0.231. The number of hydrogen-bond donors (Lipinski definition) is 2. The molecule has 3 rings (SSSR count). The van der Waals surface area contributed by atoms with Gasteiger partial charge in [0, 0.05) is 21.4 Å². The summed E-state index contributed by atoms with van der Waals surface area (Å²) in [6.45, 7) is 1.96.